The summed E-state index contributed by atoms with van der Waals surface area (Å²) in [7, 11) is 1.63. The first-order valence-corrected chi connectivity index (χ1v) is 7.68. The van der Waals surface area contributed by atoms with Gasteiger partial charge in [0, 0.05) is 31.6 Å². The van der Waals surface area contributed by atoms with E-state index in [1.54, 1.807) is 24.4 Å². The van der Waals surface area contributed by atoms with Gasteiger partial charge in [0.2, 0.25) is 0 Å². The van der Waals surface area contributed by atoms with Gasteiger partial charge in [0.05, 0.1) is 24.3 Å². The molecule has 0 aliphatic carbocycles. The standard InChI is InChI=1S/C18H20N2O3/c1-23-17-8-16(12-21)20(11-17)18(22)15-7-14(9-19-10-15)13-5-3-2-4-6-13/h2-7,9-10,16-17,21H,8,11-12H2,1H3/t16-,17+/m0/s1. The minimum atomic E-state index is -0.201. The largest absolute Gasteiger partial charge is 0.394 e. The Labute approximate surface area is 135 Å². The number of hydrogen-bond acceptors (Lipinski definition) is 4. The molecule has 5 nitrogen and oxygen atoms in total. The van der Waals surface area contributed by atoms with Crippen LogP contribution >= 0.6 is 0 Å². The molecule has 23 heavy (non-hydrogen) atoms. The van der Waals surface area contributed by atoms with E-state index in [1.165, 1.54) is 0 Å². The van der Waals surface area contributed by atoms with Crippen molar-refractivity contribution in [3.8, 4) is 11.1 Å². The van der Waals surface area contributed by atoms with Gasteiger partial charge < -0.3 is 14.7 Å². The lowest BCUT2D eigenvalue weighted by Gasteiger charge is -2.22. The molecule has 1 aromatic carbocycles. The number of aromatic nitrogens is 1. The summed E-state index contributed by atoms with van der Waals surface area (Å²) in [6.07, 6.45) is 3.95. The highest BCUT2D eigenvalue weighted by Crippen LogP contribution is 2.24. The fraction of sp³-hybridized carbons (Fsp3) is 0.333. The molecule has 0 unspecified atom stereocenters. The molecule has 120 valence electrons. The molecule has 0 saturated carbocycles. The van der Waals surface area contributed by atoms with Crippen molar-refractivity contribution >= 4 is 5.91 Å². The van der Waals surface area contributed by atoms with Gasteiger partial charge in [-0.1, -0.05) is 30.3 Å². The lowest BCUT2D eigenvalue weighted by atomic mass is 10.1. The second-order valence-electron chi connectivity index (χ2n) is 5.72. The molecule has 0 radical (unpaired) electrons. The number of rotatable bonds is 4. The van der Waals surface area contributed by atoms with E-state index in [0.29, 0.717) is 18.5 Å². The molecule has 2 heterocycles. The molecular formula is C18H20N2O3. The molecule has 2 atom stereocenters. The van der Waals surface area contributed by atoms with Crippen molar-refractivity contribution in [3.05, 3.63) is 54.4 Å². The molecule has 1 aliphatic heterocycles. The summed E-state index contributed by atoms with van der Waals surface area (Å²) in [5.74, 6) is -0.117. The summed E-state index contributed by atoms with van der Waals surface area (Å²) in [6, 6.07) is 11.5. The zero-order chi connectivity index (χ0) is 16.2. The summed E-state index contributed by atoms with van der Waals surface area (Å²) in [5, 5.41) is 9.51. The van der Waals surface area contributed by atoms with Crippen LogP contribution in [0.1, 0.15) is 16.8 Å². The van der Waals surface area contributed by atoms with Crippen molar-refractivity contribution in [2.45, 2.75) is 18.6 Å². The topological polar surface area (TPSA) is 62.7 Å². The van der Waals surface area contributed by atoms with Gasteiger partial charge in [-0.15, -0.1) is 0 Å². The number of aliphatic hydroxyl groups excluding tert-OH is 1. The molecule has 0 bridgehead atoms. The lowest BCUT2D eigenvalue weighted by molar-refractivity contribution is 0.0647. The van der Waals surface area contributed by atoms with Gasteiger partial charge in [0.1, 0.15) is 0 Å². The Kier molecular flexibility index (Phi) is 4.69. The second-order valence-corrected chi connectivity index (χ2v) is 5.72. The molecular weight excluding hydrogens is 292 g/mol. The normalized spacial score (nSPS) is 20.7. The molecule has 1 amide bonds. The maximum absolute atomic E-state index is 12.8. The van der Waals surface area contributed by atoms with Gasteiger partial charge in [-0.3, -0.25) is 9.78 Å². The summed E-state index contributed by atoms with van der Waals surface area (Å²) < 4.78 is 5.33. The van der Waals surface area contributed by atoms with E-state index in [4.69, 9.17) is 4.74 Å². The van der Waals surface area contributed by atoms with E-state index in [2.05, 4.69) is 4.98 Å². The van der Waals surface area contributed by atoms with E-state index in [0.717, 1.165) is 11.1 Å². The zero-order valence-electron chi connectivity index (χ0n) is 13.1. The number of amides is 1. The third kappa shape index (κ3) is 3.25. The third-order valence-electron chi connectivity index (χ3n) is 4.27. The number of methoxy groups -OCH3 is 1. The molecule has 3 rings (SSSR count). The van der Waals surface area contributed by atoms with Gasteiger partial charge in [0.15, 0.2) is 0 Å². The Bertz CT molecular complexity index is 675. The van der Waals surface area contributed by atoms with Crippen molar-refractivity contribution in [1.82, 2.24) is 9.88 Å². The summed E-state index contributed by atoms with van der Waals surface area (Å²) >= 11 is 0. The minimum Gasteiger partial charge on any atom is -0.394 e. The van der Waals surface area contributed by atoms with Crippen LogP contribution in [0.4, 0.5) is 0 Å². The average molecular weight is 312 g/mol. The van der Waals surface area contributed by atoms with Crippen LogP contribution in [0.25, 0.3) is 11.1 Å². The first-order chi connectivity index (χ1) is 11.2. The van der Waals surface area contributed by atoms with E-state index in [1.807, 2.05) is 36.4 Å². The molecule has 5 heteroatoms. The second kappa shape index (κ2) is 6.89. The fourth-order valence-electron chi connectivity index (χ4n) is 2.98. The Balaban J connectivity index is 1.85. The van der Waals surface area contributed by atoms with Crippen molar-refractivity contribution in [1.29, 1.82) is 0 Å². The first-order valence-electron chi connectivity index (χ1n) is 7.68. The Hall–Kier alpha value is -2.24. The minimum absolute atomic E-state index is 0.0265. The highest BCUT2D eigenvalue weighted by Gasteiger charge is 2.35. The molecule has 1 saturated heterocycles. The van der Waals surface area contributed by atoms with Gasteiger partial charge in [0.25, 0.3) is 5.91 Å². The number of pyridine rings is 1. The van der Waals surface area contributed by atoms with Crippen molar-refractivity contribution in [2.75, 3.05) is 20.3 Å². The average Bonchev–Trinajstić information content (AvgIpc) is 3.05. The van der Waals surface area contributed by atoms with Gasteiger partial charge in [-0.05, 0) is 18.1 Å². The maximum atomic E-state index is 12.8. The predicted molar refractivity (Wildman–Crippen MR) is 87.0 cm³/mol. The smallest absolute Gasteiger partial charge is 0.255 e. The van der Waals surface area contributed by atoms with Crippen LogP contribution in [0.15, 0.2) is 48.8 Å². The van der Waals surface area contributed by atoms with Crippen LogP contribution in [-0.2, 0) is 4.74 Å². The summed E-state index contributed by atoms with van der Waals surface area (Å²) in [5.41, 5.74) is 2.45. The molecule has 1 aromatic heterocycles. The van der Waals surface area contributed by atoms with Crippen molar-refractivity contribution < 1.29 is 14.6 Å². The molecule has 2 aromatic rings. The fourth-order valence-corrected chi connectivity index (χ4v) is 2.98. The SMILES string of the molecule is CO[C@@H]1C[C@@H](CO)N(C(=O)c2cncc(-c3ccccc3)c2)C1. The molecule has 1 fully saturated rings. The number of hydrogen-bond donors (Lipinski definition) is 1. The third-order valence-corrected chi connectivity index (χ3v) is 4.27. The molecule has 1 N–H and O–H groups in total. The number of benzene rings is 1. The number of carbonyl (C=O) groups excluding carboxylic acids is 1. The Morgan fingerprint density at radius 1 is 1.30 bits per heavy atom. The number of carbonyl (C=O) groups is 1. The number of ether oxygens (including phenoxy) is 1. The van der Waals surface area contributed by atoms with E-state index in [-0.39, 0.29) is 24.7 Å². The van der Waals surface area contributed by atoms with E-state index < -0.39 is 0 Å². The predicted octanol–water partition coefficient (Wildman–Crippen LogP) is 1.97. The van der Waals surface area contributed by atoms with Crippen LogP contribution in [-0.4, -0.2) is 53.3 Å². The molecule has 0 spiro atoms. The van der Waals surface area contributed by atoms with Crippen LogP contribution in [0, 0.1) is 0 Å². The zero-order valence-corrected chi connectivity index (χ0v) is 13.1. The van der Waals surface area contributed by atoms with Crippen LogP contribution in [0.5, 0.6) is 0 Å². The van der Waals surface area contributed by atoms with Gasteiger partial charge in [-0.25, -0.2) is 0 Å². The van der Waals surface area contributed by atoms with Crippen LogP contribution < -0.4 is 0 Å². The molecule has 1 aliphatic rings. The monoisotopic (exact) mass is 312 g/mol. The van der Waals surface area contributed by atoms with Crippen molar-refractivity contribution in [2.24, 2.45) is 0 Å². The lowest BCUT2D eigenvalue weighted by Crippen LogP contribution is -2.38. The van der Waals surface area contributed by atoms with E-state index in [9.17, 15) is 9.90 Å². The quantitative estimate of drug-likeness (QED) is 0.937. The van der Waals surface area contributed by atoms with E-state index >= 15 is 0 Å². The van der Waals surface area contributed by atoms with Crippen LogP contribution in [0.2, 0.25) is 0 Å². The van der Waals surface area contributed by atoms with Crippen molar-refractivity contribution in [3.63, 3.8) is 0 Å². The Morgan fingerprint density at radius 3 is 2.78 bits per heavy atom. The Morgan fingerprint density at radius 2 is 2.09 bits per heavy atom. The summed E-state index contributed by atoms with van der Waals surface area (Å²) in [4.78, 5) is 18.7. The first kappa shape index (κ1) is 15.6. The highest BCUT2D eigenvalue weighted by atomic mass is 16.5. The van der Waals surface area contributed by atoms with Gasteiger partial charge >= 0.3 is 0 Å². The van der Waals surface area contributed by atoms with Gasteiger partial charge in [-0.2, -0.15) is 0 Å². The summed E-state index contributed by atoms with van der Waals surface area (Å²) in [6.45, 7) is 0.438. The van der Waals surface area contributed by atoms with Crippen LogP contribution in [0.3, 0.4) is 0 Å². The number of aliphatic hydroxyl groups is 1. The number of likely N-dealkylation sites (tertiary alicyclic amines) is 1. The number of nitrogens with zero attached hydrogens (tertiary/aromatic N) is 2. The highest BCUT2D eigenvalue weighted by molar-refractivity contribution is 5.95. The maximum Gasteiger partial charge on any atom is 0.255 e.